The van der Waals surface area contributed by atoms with Crippen LogP contribution in [0, 0.1) is 0 Å². The minimum atomic E-state index is -2.00. The van der Waals surface area contributed by atoms with Crippen molar-refractivity contribution >= 4 is 5.97 Å². The molecule has 0 amide bonds. The van der Waals surface area contributed by atoms with Crippen LogP contribution in [0.2, 0.25) is 0 Å². The van der Waals surface area contributed by atoms with Crippen LogP contribution in [-0.4, -0.2) is 41.2 Å². The van der Waals surface area contributed by atoms with Gasteiger partial charge in [-0.05, 0) is 0 Å². The Kier molecular flexibility index (Phi) is 1.87. The number of carbonyl (C=O) groups is 1. The normalized spacial score (nSPS) is 39.9. The van der Waals surface area contributed by atoms with Crippen molar-refractivity contribution < 1.29 is 24.1 Å². The van der Waals surface area contributed by atoms with Crippen LogP contribution in [0.5, 0.6) is 0 Å². The van der Waals surface area contributed by atoms with Gasteiger partial charge in [-0.15, -0.1) is 0 Å². The van der Waals surface area contributed by atoms with Crippen molar-refractivity contribution in [2.75, 3.05) is 6.61 Å². The number of cyclic esters (lactones) is 1. The molecule has 1 fully saturated rings. The quantitative estimate of drug-likeness (QED) is 0.451. The molecule has 1 aliphatic heterocycles. The van der Waals surface area contributed by atoms with Gasteiger partial charge in [0.25, 0.3) is 0 Å². The number of ether oxygens (including phenoxy) is 1. The molecule has 4 nitrogen and oxygen atoms in total. The van der Waals surface area contributed by atoms with Gasteiger partial charge in [0, 0.05) is 0 Å². The lowest BCUT2D eigenvalue weighted by atomic mass is 10.2. The van der Waals surface area contributed by atoms with E-state index >= 15 is 0 Å². The maximum Gasteiger partial charge on any atom is 0.344 e. The Morgan fingerprint density at radius 2 is 2.30 bits per heavy atom. The topological polar surface area (TPSA) is 66.8 Å². The van der Waals surface area contributed by atoms with E-state index in [-0.39, 0.29) is 0 Å². The third kappa shape index (κ3) is 0.975. The predicted molar refractivity (Wildman–Crippen MR) is 27.9 cm³/mol. The van der Waals surface area contributed by atoms with E-state index in [2.05, 4.69) is 4.74 Å². The molecule has 0 bridgehead atoms. The van der Waals surface area contributed by atoms with Crippen molar-refractivity contribution in [1.29, 1.82) is 0 Å². The summed E-state index contributed by atoms with van der Waals surface area (Å²) in [5.74, 6) is -1.11. The Labute approximate surface area is 56.2 Å². The average Bonchev–Trinajstić information content (AvgIpc) is 2.17. The lowest BCUT2D eigenvalue weighted by Crippen LogP contribution is -2.30. The van der Waals surface area contributed by atoms with E-state index in [0.29, 0.717) is 0 Å². The van der Waals surface area contributed by atoms with E-state index < -0.39 is 31.0 Å². The van der Waals surface area contributed by atoms with Crippen LogP contribution in [0.1, 0.15) is 0 Å². The minimum Gasteiger partial charge on any atom is -0.455 e. The number of hydrogen-bond donors (Lipinski definition) is 2. The summed E-state index contributed by atoms with van der Waals surface area (Å²) in [5.41, 5.74) is 0. The Morgan fingerprint density at radius 3 is 2.50 bits per heavy atom. The molecule has 0 aliphatic carbocycles. The summed E-state index contributed by atoms with van der Waals surface area (Å²) in [6, 6.07) is 0. The van der Waals surface area contributed by atoms with Crippen molar-refractivity contribution in [3.63, 3.8) is 0 Å². The van der Waals surface area contributed by atoms with Gasteiger partial charge in [-0.1, -0.05) is 0 Å². The molecule has 1 rings (SSSR count). The number of hydrogen-bond acceptors (Lipinski definition) is 4. The maximum absolute atomic E-state index is 12.3. The first-order chi connectivity index (χ1) is 4.66. The fraction of sp³-hybridized carbons (Fsp3) is 0.800. The molecule has 0 unspecified atom stereocenters. The molecule has 0 aromatic carbocycles. The first-order valence-electron chi connectivity index (χ1n) is 2.80. The number of halogens is 1. The van der Waals surface area contributed by atoms with E-state index in [1.807, 2.05) is 0 Å². The van der Waals surface area contributed by atoms with Gasteiger partial charge in [-0.3, -0.25) is 0 Å². The molecule has 58 valence electrons. The Hall–Kier alpha value is -0.680. The maximum atomic E-state index is 12.3. The van der Waals surface area contributed by atoms with Crippen LogP contribution >= 0.6 is 0 Å². The molecule has 2 N–H and O–H groups in total. The summed E-state index contributed by atoms with van der Waals surface area (Å²) >= 11 is 0. The first-order valence-corrected chi connectivity index (χ1v) is 2.80. The van der Waals surface area contributed by atoms with Crippen LogP contribution in [0.25, 0.3) is 0 Å². The highest BCUT2D eigenvalue weighted by Crippen LogP contribution is 2.17. The van der Waals surface area contributed by atoms with Gasteiger partial charge in [0.05, 0.1) is 6.61 Å². The lowest BCUT2D eigenvalue weighted by molar-refractivity contribution is -0.146. The van der Waals surface area contributed by atoms with Crippen LogP contribution in [0.4, 0.5) is 4.39 Å². The second-order valence-corrected chi connectivity index (χ2v) is 2.05. The molecule has 0 aromatic heterocycles. The molecule has 5 heteroatoms. The highest BCUT2D eigenvalue weighted by molar-refractivity contribution is 5.77. The Morgan fingerprint density at radius 1 is 1.70 bits per heavy atom. The SMILES string of the molecule is O=C1O[C@H](CO)[C@H](O)[C@@H]1F. The van der Waals surface area contributed by atoms with Crippen LogP contribution in [0.15, 0.2) is 0 Å². The summed E-state index contributed by atoms with van der Waals surface area (Å²) in [5, 5.41) is 17.1. The smallest absolute Gasteiger partial charge is 0.344 e. The van der Waals surface area contributed by atoms with Crippen molar-refractivity contribution in [3.05, 3.63) is 0 Å². The zero-order valence-electron chi connectivity index (χ0n) is 5.03. The van der Waals surface area contributed by atoms with Gasteiger partial charge in [-0.25, -0.2) is 9.18 Å². The number of carbonyl (C=O) groups excluding carboxylic acids is 1. The molecular formula is C5H7FO4. The highest BCUT2D eigenvalue weighted by Gasteiger charge is 2.43. The molecule has 0 radical (unpaired) electrons. The molecule has 1 saturated heterocycles. The molecule has 1 aliphatic rings. The fourth-order valence-corrected chi connectivity index (χ4v) is 0.757. The Bertz CT molecular complexity index is 149. The zero-order valence-corrected chi connectivity index (χ0v) is 5.03. The summed E-state index contributed by atoms with van der Waals surface area (Å²) in [4.78, 5) is 10.3. The standard InChI is InChI=1S/C5H7FO4/c6-3-4(8)2(1-7)10-5(3)9/h2-4,7-8H,1H2/t2-,3+,4+/m1/s1. The number of esters is 1. The van der Waals surface area contributed by atoms with Gasteiger partial charge in [0.15, 0.2) is 6.10 Å². The van der Waals surface area contributed by atoms with E-state index in [0.717, 1.165) is 0 Å². The predicted octanol–water partition coefficient (Wildman–Crippen LogP) is -1.40. The second kappa shape index (κ2) is 2.51. The van der Waals surface area contributed by atoms with Crippen LogP contribution in [-0.2, 0) is 9.53 Å². The van der Waals surface area contributed by atoms with E-state index in [1.54, 1.807) is 0 Å². The van der Waals surface area contributed by atoms with Gasteiger partial charge in [0.1, 0.15) is 6.10 Å². The summed E-state index contributed by atoms with van der Waals surface area (Å²) in [6.45, 7) is -0.548. The third-order valence-corrected chi connectivity index (χ3v) is 1.35. The molecule has 0 aromatic rings. The van der Waals surface area contributed by atoms with Crippen molar-refractivity contribution in [3.8, 4) is 0 Å². The largest absolute Gasteiger partial charge is 0.455 e. The molecule has 10 heavy (non-hydrogen) atoms. The molecule has 0 saturated carbocycles. The summed E-state index contributed by atoms with van der Waals surface area (Å²) < 4.78 is 16.5. The van der Waals surface area contributed by atoms with E-state index in [9.17, 15) is 9.18 Å². The van der Waals surface area contributed by atoms with Gasteiger partial charge >= 0.3 is 5.97 Å². The van der Waals surface area contributed by atoms with E-state index in [1.165, 1.54) is 0 Å². The first kappa shape index (κ1) is 7.43. The number of rotatable bonds is 1. The highest BCUT2D eigenvalue weighted by atomic mass is 19.1. The summed E-state index contributed by atoms with van der Waals surface area (Å²) in [7, 11) is 0. The molecule has 0 spiro atoms. The third-order valence-electron chi connectivity index (χ3n) is 1.35. The van der Waals surface area contributed by atoms with Crippen molar-refractivity contribution in [1.82, 2.24) is 0 Å². The molecular weight excluding hydrogens is 143 g/mol. The number of alkyl halides is 1. The van der Waals surface area contributed by atoms with Gasteiger partial charge in [0.2, 0.25) is 6.17 Å². The number of aliphatic hydroxyl groups is 2. The average molecular weight is 150 g/mol. The Balaban J connectivity index is 2.61. The number of aliphatic hydroxyl groups excluding tert-OH is 2. The zero-order chi connectivity index (χ0) is 7.72. The van der Waals surface area contributed by atoms with Crippen LogP contribution < -0.4 is 0 Å². The fourth-order valence-electron chi connectivity index (χ4n) is 0.757. The van der Waals surface area contributed by atoms with Gasteiger partial charge in [-0.2, -0.15) is 0 Å². The monoisotopic (exact) mass is 150 g/mol. The van der Waals surface area contributed by atoms with Crippen LogP contribution in [0.3, 0.4) is 0 Å². The van der Waals surface area contributed by atoms with Crippen molar-refractivity contribution in [2.45, 2.75) is 18.4 Å². The minimum absolute atomic E-state index is 0.548. The summed E-state index contributed by atoms with van der Waals surface area (Å²) in [6.07, 6.45) is -4.61. The molecule has 1 heterocycles. The van der Waals surface area contributed by atoms with E-state index in [4.69, 9.17) is 10.2 Å². The van der Waals surface area contributed by atoms with Crippen molar-refractivity contribution in [2.24, 2.45) is 0 Å². The lowest BCUT2D eigenvalue weighted by Gasteiger charge is -2.07. The second-order valence-electron chi connectivity index (χ2n) is 2.05. The van der Waals surface area contributed by atoms with Gasteiger partial charge < -0.3 is 14.9 Å². The molecule has 3 atom stereocenters.